The van der Waals surface area contributed by atoms with Crippen molar-refractivity contribution in [1.82, 2.24) is 4.98 Å². The van der Waals surface area contributed by atoms with Crippen LogP contribution in [0.2, 0.25) is 0 Å². The first-order valence-corrected chi connectivity index (χ1v) is 16.6. The number of nitrogens with zero attached hydrogens (tertiary/aromatic N) is 3. The number of benzene rings is 4. The summed E-state index contributed by atoms with van der Waals surface area (Å²) in [5.41, 5.74) is 2.30. The molecular formula is C40H30FN3O6. The van der Waals surface area contributed by atoms with Gasteiger partial charge in [-0.3, -0.25) is 24.1 Å². The molecule has 0 bridgehead atoms. The zero-order valence-electron chi connectivity index (χ0n) is 26.8. The molecule has 4 aliphatic rings. The first-order valence-electron chi connectivity index (χ1n) is 16.6. The first kappa shape index (κ1) is 30.2. The van der Waals surface area contributed by atoms with Crippen molar-refractivity contribution in [3.05, 3.63) is 120 Å². The van der Waals surface area contributed by atoms with E-state index in [1.54, 1.807) is 67.6 Å². The van der Waals surface area contributed by atoms with E-state index in [0.717, 1.165) is 6.07 Å². The Labute approximate surface area is 285 Å². The normalized spacial score (nSPS) is 27.4. The maximum atomic E-state index is 15.0. The van der Waals surface area contributed by atoms with Gasteiger partial charge in [-0.05, 0) is 80.3 Å². The molecule has 10 heteroatoms. The molecule has 5 aromatic rings. The monoisotopic (exact) mass is 667 g/mol. The van der Waals surface area contributed by atoms with Crippen LogP contribution in [0.4, 0.5) is 15.8 Å². The van der Waals surface area contributed by atoms with Gasteiger partial charge in [-0.1, -0.05) is 54.1 Å². The molecule has 2 aliphatic carbocycles. The number of hydrogen-bond acceptors (Lipinski definition) is 7. The number of halogens is 1. The van der Waals surface area contributed by atoms with Crippen LogP contribution in [0.1, 0.15) is 31.2 Å². The molecule has 4 aromatic carbocycles. The number of aromatic nitrogens is 1. The van der Waals surface area contributed by atoms with Gasteiger partial charge in [-0.15, -0.1) is 0 Å². The molecule has 6 atom stereocenters. The fourth-order valence-corrected chi connectivity index (χ4v) is 8.95. The second kappa shape index (κ2) is 10.8. The van der Waals surface area contributed by atoms with Crippen molar-refractivity contribution >= 4 is 46.1 Å². The molecule has 4 amide bonds. The lowest BCUT2D eigenvalue weighted by Crippen LogP contribution is -2.49. The molecular weight excluding hydrogens is 637 g/mol. The van der Waals surface area contributed by atoms with Crippen molar-refractivity contribution in [1.29, 1.82) is 0 Å². The molecule has 1 saturated carbocycles. The molecule has 50 heavy (non-hydrogen) atoms. The van der Waals surface area contributed by atoms with Crippen LogP contribution in [0.25, 0.3) is 22.6 Å². The molecule has 9 rings (SSSR count). The van der Waals surface area contributed by atoms with Crippen LogP contribution in [0.3, 0.4) is 0 Å². The number of oxazole rings is 1. The van der Waals surface area contributed by atoms with Gasteiger partial charge in [0.25, 0.3) is 0 Å². The van der Waals surface area contributed by atoms with Crippen molar-refractivity contribution in [3.63, 3.8) is 0 Å². The predicted octanol–water partition coefficient (Wildman–Crippen LogP) is 6.77. The van der Waals surface area contributed by atoms with E-state index in [1.807, 2.05) is 30.3 Å². The summed E-state index contributed by atoms with van der Waals surface area (Å²) < 4.78 is 20.8. The third-order valence-corrected chi connectivity index (χ3v) is 11.3. The fraction of sp³-hybridized carbons (Fsp3) is 0.225. The maximum absolute atomic E-state index is 15.0. The Morgan fingerprint density at radius 3 is 2.28 bits per heavy atom. The van der Waals surface area contributed by atoms with Crippen molar-refractivity contribution < 1.29 is 33.1 Å². The number of allylic oxidation sites excluding steroid dienone is 2. The number of imide groups is 2. The van der Waals surface area contributed by atoms with Crippen molar-refractivity contribution in [2.75, 3.05) is 9.80 Å². The van der Waals surface area contributed by atoms with E-state index in [9.17, 15) is 28.7 Å². The van der Waals surface area contributed by atoms with Crippen LogP contribution in [0.5, 0.6) is 5.75 Å². The van der Waals surface area contributed by atoms with E-state index in [0.29, 0.717) is 39.5 Å². The predicted molar refractivity (Wildman–Crippen MR) is 181 cm³/mol. The van der Waals surface area contributed by atoms with E-state index in [4.69, 9.17) is 4.42 Å². The number of phenols is 1. The lowest BCUT2D eigenvalue weighted by molar-refractivity contribution is -0.131. The average molecular weight is 668 g/mol. The quantitative estimate of drug-likeness (QED) is 0.166. The minimum Gasteiger partial charge on any atom is -0.505 e. The van der Waals surface area contributed by atoms with Crippen LogP contribution in [-0.2, 0) is 19.2 Å². The lowest BCUT2D eigenvalue weighted by atomic mass is 9.51. The van der Waals surface area contributed by atoms with Gasteiger partial charge in [0.15, 0.2) is 17.1 Å². The van der Waals surface area contributed by atoms with E-state index in [-0.39, 0.29) is 24.3 Å². The zero-order valence-corrected chi connectivity index (χ0v) is 26.8. The number of phenolic OH excluding ortho intramolecular Hbond substituents is 1. The summed E-state index contributed by atoms with van der Waals surface area (Å²) in [5, 5.41) is 11.1. The van der Waals surface area contributed by atoms with E-state index in [2.05, 4.69) is 4.98 Å². The summed E-state index contributed by atoms with van der Waals surface area (Å²) in [6, 6.07) is 27.1. The Kier molecular flexibility index (Phi) is 6.52. The van der Waals surface area contributed by atoms with Crippen molar-refractivity contribution in [2.24, 2.45) is 29.1 Å². The Morgan fingerprint density at radius 2 is 1.52 bits per heavy atom. The van der Waals surface area contributed by atoms with E-state index in [1.165, 1.54) is 15.9 Å². The standard InChI is InChI=1S/C40H30FN3O6/c1-40-28(37(47)44(39(40)49)22-8-3-2-4-9-22)20-27-24(33(40)26-10-7-11-29(41)34(26)45)18-19-25-32(27)38(48)43(36(25)46)23-16-14-21(15-17-23)35-42-30-12-5-6-13-31(30)50-35/h2-18,25,27-28,32-33,45H,19-20H2,1H3. The van der Waals surface area contributed by atoms with Crippen molar-refractivity contribution in [2.45, 2.75) is 25.7 Å². The molecule has 0 radical (unpaired) electrons. The topological polar surface area (TPSA) is 121 Å². The average Bonchev–Trinajstić information content (AvgIpc) is 3.74. The number of rotatable bonds is 4. The molecule has 9 nitrogen and oxygen atoms in total. The van der Waals surface area contributed by atoms with Gasteiger partial charge in [0.05, 0.1) is 34.5 Å². The Morgan fingerprint density at radius 1 is 0.800 bits per heavy atom. The number of hydrogen-bond donors (Lipinski definition) is 1. The minimum absolute atomic E-state index is 0.146. The summed E-state index contributed by atoms with van der Waals surface area (Å²) in [6.45, 7) is 1.70. The van der Waals surface area contributed by atoms with Gasteiger partial charge in [0, 0.05) is 17.0 Å². The van der Waals surface area contributed by atoms with Crippen LogP contribution in [-0.4, -0.2) is 33.7 Å². The lowest BCUT2D eigenvalue weighted by Gasteiger charge is -2.49. The highest BCUT2D eigenvalue weighted by Gasteiger charge is 2.68. The van der Waals surface area contributed by atoms with Gasteiger partial charge in [-0.25, -0.2) is 14.3 Å². The van der Waals surface area contributed by atoms with E-state index < -0.39 is 64.3 Å². The number of carbonyl (C=O) groups excluding carboxylic acids is 4. The van der Waals surface area contributed by atoms with Crippen molar-refractivity contribution in [3.8, 4) is 17.2 Å². The highest BCUT2D eigenvalue weighted by Crippen LogP contribution is 2.64. The molecule has 3 heterocycles. The first-order chi connectivity index (χ1) is 24.2. The fourth-order valence-electron chi connectivity index (χ4n) is 8.95. The number of anilines is 2. The highest BCUT2D eigenvalue weighted by molar-refractivity contribution is 6.25. The van der Waals surface area contributed by atoms with Crippen LogP contribution >= 0.6 is 0 Å². The van der Waals surface area contributed by atoms with Gasteiger partial charge >= 0.3 is 0 Å². The summed E-state index contributed by atoms with van der Waals surface area (Å²) in [7, 11) is 0. The third-order valence-electron chi connectivity index (χ3n) is 11.3. The maximum Gasteiger partial charge on any atom is 0.241 e. The number of carbonyl (C=O) groups is 4. The second-order valence-electron chi connectivity index (χ2n) is 13.7. The molecule has 0 spiro atoms. The molecule has 1 aromatic heterocycles. The molecule has 2 saturated heterocycles. The largest absolute Gasteiger partial charge is 0.505 e. The van der Waals surface area contributed by atoms with Gasteiger partial charge < -0.3 is 9.52 Å². The summed E-state index contributed by atoms with van der Waals surface area (Å²) in [4.78, 5) is 64.1. The highest BCUT2D eigenvalue weighted by atomic mass is 19.1. The summed E-state index contributed by atoms with van der Waals surface area (Å²) in [6.07, 6.45) is 2.24. The number of aromatic hydroxyl groups is 1. The molecule has 1 N–H and O–H groups in total. The van der Waals surface area contributed by atoms with E-state index >= 15 is 0 Å². The van der Waals surface area contributed by atoms with Crippen LogP contribution < -0.4 is 9.80 Å². The van der Waals surface area contributed by atoms with Gasteiger partial charge in [0.2, 0.25) is 29.5 Å². The molecule has 6 unspecified atom stereocenters. The Hall–Kier alpha value is -5.90. The van der Waals surface area contributed by atoms with Gasteiger partial charge in [-0.2, -0.15) is 0 Å². The smallest absolute Gasteiger partial charge is 0.241 e. The Bertz CT molecular complexity index is 2270. The third kappa shape index (κ3) is 4.08. The Balaban J connectivity index is 1.10. The summed E-state index contributed by atoms with van der Waals surface area (Å²) in [5.74, 6) is -6.56. The summed E-state index contributed by atoms with van der Waals surface area (Å²) >= 11 is 0. The van der Waals surface area contributed by atoms with Crippen LogP contribution in [0, 0.1) is 34.9 Å². The van der Waals surface area contributed by atoms with Crippen LogP contribution in [0.15, 0.2) is 113 Å². The number of para-hydroxylation sites is 4. The number of amides is 4. The van der Waals surface area contributed by atoms with Gasteiger partial charge in [0.1, 0.15) is 5.52 Å². The SMILES string of the molecule is CC12C(=O)N(c3ccccc3)C(=O)C1CC1C(=CCC3C(=O)N(c4ccc(-c5nc6ccccc6o5)cc4)C(=O)C31)C2c1cccc(F)c1O. The zero-order chi connectivity index (χ0) is 34.5. The minimum atomic E-state index is -1.39. The molecule has 2 aliphatic heterocycles. The number of fused-ring (bicyclic) bond motifs is 5. The second-order valence-corrected chi connectivity index (χ2v) is 13.7. The molecule has 248 valence electrons. The molecule has 3 fully saturated rings.